The van der Waals surface area contributed by atoms with E-state index < -0.39 is 25.3 Å². The van der Waals surface area contributed by atoms with E-state index in [1.807, 2.05) is 93.5 Å². The van der Waals surface area contributed by atoms with Gasteiger partial charge in [0.05, 0.1) is 5.56 Å². The smallest absolute Gasteiger partial charge is 0.320 e. The summed E-state index contributed by atoms with van der Waals surface area (Å²) in [4.78, 5) is 25.8. The molecule has 0 saturated carbocycles. The molecule has 0 aliphatic carbocycles. The molecule has 6 aromatic heterocycles. The second-order valence-electron chi connectivity index (χ2n) is 10.7. The molecule has 0 fully saturated rings. The average molecular weight is 747 g/mol. The van der Waals surface area contributed by atoms with Gasteiger partial charge in [0.2, 0.25) is 0 Å². The van der Waals surface area contributed by atoms with Crippen LogP contribution in [0.3, 0.4) is 0 Å². The Morgan fingerprint density at radius 1 is 0.442 bits per heavy atom. The number of imidazole rings is 6. The number of hydrogen-bond acceptors (Lipinski definition) is 9. The van der Waals surface area contributed by atoms with Crippen LogP contribution in [0.5, 0.6) is 17.2 Å². The van der Waals surface area contributed by atoms with Crippen molar-refractivity contribution < 1.29 is 13.6 Å². The molecule has 8 aromatic rings. The molecule has 0 radical (unpaired) electrons. The van der Waals surface area contributed by atoms with Crippen molar-refractivity contribution in [3.63, 3.8) is 0 Å². The fraction of sp³-hybridized carbons (Fsp3) is 0. The van der Waals surface area contributed by atoms with E-state index in [1.165, 1.54) is 0 Å². The van der Waals surface area contributed by atoms with E-state index in [1.54, 1.807) is 87.3 Å². The SMILES string of the molecule is C=Cc1ccc(-c2c(OP(n3ccnc3)n3ccnc3)cc(C=C)cc2OP(n2ccnc2)n2ccnc2)c(OP(n2ccnc2)n2ccnc2)c1. The van der Waals surface area contributed by atoms with Crippen LogP contribution in [0.25, 0.3) is 23.3 Å². The number of nitrogens with zero attached hydrogens (tertiary/aromatic N) is 12. The lowest BCUT2D eigenvalue weighted by molar-refractivity contribution is 0.566. The lowest BCUT2D eigenvalue weighted by Gasteiger charge is -2.26. The molecule has 0 saturated heterocycles. The Balaban J connectivity index is 1.35. The van der Waals surface area contributed by atoms with Crippen molar-refractivity contribution in [2.75, 3.05) is 0 Å². The first kappa shape index (κ1) is 33.0. The van der Waals surface area contributed by atoms with E-state index in [0.717, 1.165) is 11.1 Å². The molecule has 15 nitrogen and oxygen atoms in total. The predicted octanol–water partition coefficient (Wildman–Crippen LogP) is 7.93. The lowest BCUT2D eigenvalue weighted by Crippen LogP contribution is -2.08. The van der Waals surface area contributed by atoms with E-state index in [4.69, 9.17) is 13.6 Å². The standard InChI is InChI=1S/C34H29N12O3P3/c1-3-28-5-6-30(31(19-28)47-50(41-13-7-35-22-41)42-14-8-36-23-42)34-32(48-51(43-15-9-37-24-43)44-16-10-38-25-44)20-29(4-2)21-33(34)49-52(45-17-11-39-26-45)46-18-12-40-27-46/h3-27H,1-2H2. The van der Waals surface area contributed by atoms with Crippen LogP contribution in [0.2, 0.25) is 0 Å². The highest BCUT2D eigenvalue weighted by atomic mass is 31.2. The molecular formula is C34H29N12O3P3. The first-order valence-electron chi connectivity index (χ1n) is 15.6. The maximum absolute atomic E-state index is 7.05. The second-order valence-corrected chi connectivity index (χ2v) is 15.6. The molecule has 0 unspecified atom stereocenters. The summed E-state index contributed by atoms with van der Waals surface area (Å²) in [6.45, 7) is 8.13. The van der Waals surface area contributed by atoms with Crippen LogP contribution in [0.1, 0.15) is 11.1 Å². The number of rotatable bonds is 15. The molecule has 258 valence electrons. The van der Waals surface area contributed by atoms with Gasteiger partial charge in [-0.3, -0.25) is 26.0 Å². The Morgan fingerprint density at radius 2 is 0.769 bits per heavy atom. The van der Waals surface area contributed by atoms with Crippen LogP contribution in [-0.4, -0.2) is 55.9 Å². The van der Waals surface area contributed by atoms with Crippen molar-refractivity contribution in [3.05, 3.63) is 167 Å². The van der Waals surface area contributed by atoms with E-state index in [0.29, 0.717) is 28.4 Å². The summed E-state index contributed by atoms with van der Waals surface area (Å²) >= 11 is 0. The van der Waals surface area contributed by atoms with Gasteiger partial charge in [0.25, 0.3) is 0 Å². The zero-order valence-corrected chi connectivity index (χ0v) is 30.0. The second kappa shape index (κ2) is 15.0. The lowest BCUT2D eigenvalue weighted by atomic mass is 9.99. The van der Waals surface area contributed by atoms with E-state index in [2.05, 4.69) is 43.1 Å². The van der Waals surface area contributed by atoms with Crippen molar-refractivity contribution in [1.29, 1.82) is 0 Å². The van der Waals surface area contributed by atoms with Crippen LogP contribution < -0.4 is 13.6 Å². The highest BCUT2D eigenvalue weighted by Gasteiger charge is 2.29. The van der Waals surface area contributed by atoms with Gasteiger partial charge in [-0.15, -0.1) is 0 Å². The Kier molecular flexibility index (Phi) is 9.53. The molecule has 0 atom stereocenters. The summed E-state index contributed by atoms with van der Waals surface area (Å²) in [5.74, 6) is 1.58. The minimum Gasteiger partial charge on any atom is -0.435 e. The Bertz CT molecular complexity index is 2150. The molecule has 0 spiro atoms. The van der Waals surface area contributed by atoms with E-state index in [-0.39, 0.29) is 0 Å². The van der Waals surface area contributed by atoms with Gasteiger partial charge in [-0.05, 0) is 35.4 Å². The fourth-order valence-corrected chi connectivity index (χ4v) is 9.29. The zero-order chi connectivity index (χ0) is 35.3. The summed E-state index contributed by atoms with van der Waals surface area (Å²) in [5.41, 5.74) is 2.98. The number of hydrogen-bond donors (Lipinski definition) is 0. The minimum atomic E-state index is -1.56. The molecule has 0 aliphatic heterocycles. The highest BCUT2D eigenvalue weighted by Crippen LogP contribution is 2.54. The third-order valence-corrected chi connectivity index (χ3v) is 12.4. The van der Waals surface area contributed by atoms with Crippen LogP contribution in [-0.2, 0) is 0 Å². The van der Waals surface area contributed by atoms with E-state index >= 15 is 0 Å². The summed E-state index contributed by atoms with van der Waals surface area (Å²) < 4.78 is 32.5. The fourth-order valence-electron chi connectivity index (χ4n) is 5.11. The maximum atomic E-state index is 7.05. The van der Waals surface area contributed by atoms with Gasteiger partial charge in [0.1, 0.15) is 55.2 Å². The Morgan fingerprint density at radius 3 is 1.08 bits per heavy atom. The van der Waals surface area contributed by atoms with Crippen molar-refractivity contribution in [2.45, 2.75) is 0 Å². The van der Waals surface area contributed by atoms with Gasteiger partial charge in [0.15, 0.2) is 0 Å². The first-order valence-corrected chi connectivity index (χ1v) is 19.1. The quantitative estimate of drug-likeness (QED) is 0.0959. The third kappa shape index (κ3) is 6.80. The van der Waals surface area contributed by atoms with Gasteiger partial charge in [-0.1, -0.05) is 31.4 Å². The number of aromatic nitrogens is 12. The topological polar surface area (TPSA) is 135 Å². The molecule has 0 N–H and O–H groups in total. The van der Waals surface area contributed by atoms with Crippen molar-refractivity contribution in [1.82, 2.24) is 55.9 Å². The van der Waals surface area contributed by atoms with Gasteiger partial charge < -0.3 is 13.6 Å². The van der Waals surface area contributed by atoms with E-state index in [9.17, 15) is 0 Å². The monoisotopic (exact) mass is 746 g/mol. The summed E-state index contributed by atoms with van der Waals surface area (Å²) in [5, 5.41) is 0. The Labute approximate surface area is 301 Å². The number of benzene rings is 2. The zero-order valence-electron chi connectivity index (χ0n) is 27.3. The highest BCUT2D eigenvalue weighted by molar-refractivity contribution is 7.50. The molecular weight excluding hydrogens is 717 g/mol. The Hall–Kier alpha value is -6.13. The predicted molar refractivity (Wildman–Crippen MR) is 200 cm³/mol. The largest absolute Gasteiger partial charge is 0.435 e. The summed E-state index contributed by atoms with van der Waals surface area (Å²) in [7, 11) is -4.65. The maximum Gasteiger partial charge on any atom is 0.320 e. The molecule has 0 aliphatic rings. The third-order valence-electron chi connectivity index (χ3n) is 7.50. The van der Waals surface area contributed by atoms with Crippen molar-refractivity contribution in [2.24, 2.45) is 0 Å². The van der Waals surface area contributed by atoms with Crippen LogP contribution in [0.4, 0.5) is 0 Å². The molecule has 0 bridgehead atoms. The average Bonchev–Trinajstić information content (AvgIpc) is 4.03. The van der Waals surface area contributed by atoms with Crippen LogP contribution in [0.15, 0.2) is 156 Å². The van der Waals surface area contributed by atoms with Gasteiger partial charge in [0, 0.05) is 79.9 Å². The molecule has 6 heterocycles. The van der Waals surface area contributed by atoms with Crippen molar-refractivity contribution >= 4 is 37.5 Å². The molecule has 52 heavy (non-hydrogen) atoms. The van der Waals surface area contributed by atoms with Gasteiger partial charge >= 0.3 is 25.3 Å². The van der Waals surface area contributed by atoms with Crippen LogP contribution >= 0.6 is 25.3 Å². The normalized spacial score (nSPS) is 11.4. The molecule has 8 rings (SSSR count). The molecule has 18 heteroatoms. The molecule has 0 amide bonds. The summed E-state index contributed by atoms with van der Waals surface area (Å²) in [6, 6.07) is 9.79. The van der Waals surface area contributed by atoms with Gasteiger partial charge in [-0.2, -0.15) is 0 Å². The van der Waals surface area contributed by atoms with Crippen LogP contribution in [0, 0.1) is 0 Å². The van der Waals surface area contributed by atoms with Gasteiger partial charge in [-0.25, -0.2) is 29.9 Å². The molecule has 2 aromatic carbocycles. The first-order chi connectivity index (χ1) is 25.7. The van der Waals surface area contributed by atoms with Crippen molar-refractivity contribution in [3.8, 4) is 28.4 Å². The minimum absolute atomic E-state index is 0.512. The summed E-state index contributed by atoms with van der Waals surface area (Å²) in [6.07, 6.45) is 35.3.